The first-order valence-electron chi connectivity index (χ1n) is 10.2. The molecular formula is C23H22ClFN4O2. The number of hydrogen-bond acceptors (Lipinski definition) is 6. The van der Waals surface area contributed by atoms with Gasteiger partial charge in [-0.3, -0.25) is 0 Å². The molecule has 5 rings (SSSR count). The molecule has 0 fully saturated rings. The first kappa shape index (κ1) is 19.9. The molecule has 3 heterocycles. The van der Waals surface area contributed by atoms with Crippen molar-refractivity contribution in [1.82, 2.24) is 14.9 Å². The highest BCUT2D eigenvalue weighted by atomic mass is 35.5. The Labute approximate surface area is 184 Å². The van der Waals surface area contributed by atoms with Gasteiger partial charge in [-0.2, -0.15) is 9.97 Å². The van der Waals surface area contributed by atoms with Crippen molar-refractivity contribution in [3.63, 3.8) is 0 Å². The van der Waals surface area contributed by atoms with Gasteiger partial charge in [-0.25, -0.2) is 4.39 Å². The third-order valence-electron chi connectivity index (χ3n) is 6.01. The Morgan fingerprint density at radius 3 is 2.94 bits per heavy atom. The molecular weight excluding hydrogens is 419 g/mol. The SMILES string of the molecule is CN1C=CC[C@H]1COc1nc(O)c2c(n1)CN(c1cccc3ccc(F)c(Cl)c13)CC2. The highest BCUT2D eigenvalue weighted by molar-refractivity contribution is 6.36. The Morgan fingerprint density at radius 1 is 1.26 bits per heavy atom. The van der Waals surface area contributed by atoms with Crippen LogP contribution in [0.15, 0.2) is 42.6 Å². The van der Waals surface area contributed by atoms with E-state index in [1.807, 2.05) is 31.4 Å². The summed E-state index contributed by atoms with van der Waals surface area (Å²) in [4.78, 5) is 12.9. The average molecular weight is 441 g/mol. The standard InChI is InChI=1S/C23H22ClFN4O2/c1-28-10-3-5-15(28)13-31-23-26-18-12-29(11-9-16(18)22(30)27-23)19-6-2-4-14-7-8-17(25)21(24)20(14)19/h2-4,6-8,10,15H,5,9,11-13H2,1H3,(H,26,27,30)/t15-/m0/s1. The fourth-order valence-corrected chi connectivity index (χ4v) is 4.51. The highest BCUT2D eigenvalue weighted by Crippen LogP contribution is 2.37. The molecule has 0 amide bonds. The van der Waals surface area contributed by atoms with Crippen molar-refractivity contribution < 1.29 is 14.2 Å². The summed E-state index contributed by atoms with van der Waals surface area (Å²) in [6.07, 6.45) is 5.59. The molecule has 0 saturated carbocycles. The van der Waals surface area contributed by atoms with Crippen molar-refractivity contribution in [2.45, 2.75) is 25.4 Å². The summed E-state index contributed by atoms with van der Waals surface area (Å²) in [5, 5.41) is 12.1. The summed E-state index contributed by atoms with van der Waals surface area (Å²) < 4.78 is 20.0. The summed E-state index contributed by atoms with van der Waals surface area (Å²) in [6, 6.07) is 9.28. The van der Waals surface area contributed by atoms with Gasteiger partial charge < -0.3 is 19.6 Å². The summed E-state index contributed by atoms with van der Waals surface area (Å²) in [7, 11) is 2.00. The molecule has 31 heavy (non-hydrogen) atoms. The smallest absolute Gasteiger partial charge is 0.320 e. The maximum atomic E-state index is 14.2. The normalized spacial score (nSPS) is 18.0. The molecule has 0 radical (unpaired) electrons. The van der Waals surface area contributed by atoms with Crippen molar-refractivity contribution in [2.75, 3.05) is 25.1 Å². The number of anilines is 1. The quantitative estimate of drug-likeness (QED) is 0.653. The number of rotatable bonds is 4. The van der Waals surface area contributed by atoms with Gasteiger partial charge in [0.2, 0.25) is 5.88 Å². The number of nitrogens with zero attached hydrogens (tertiary/aromatic N) is 4. The maximum absolute atomic E-state index is 14.2. The van der Waals surface area contributed by atoms with E-state index in [1.165, 1.54) is 6.07 Å². The van der Waals surface area contributed by atoms with Gasteiger partial charge in [0.25, 0.3) is 0 Å². The van der Waals surface area contributed by atoms with Gasteiger partial charge in [0, 0.05) is 30.2 Å². The van der Waals surface area contributed by atoms with E-state index in [0.29, 0.717) is 37.2 Å². The summed E-state index contributed by atoms with van der Waals surface area (Å²) >= 11 is 6.32. The number of ether oxygens (including phenoxy) is 1. The molecule has 2 aliphatic rings. The van der Waals surface area contributed by atoms with Crippen LogP contribution in [-0.2, 0) is 13.0 Å². The van der Waals surface area contributed by atoms with E-state index >= 15 is 0 Å². The molecule has 1 atom stereocenters. The highest BCUT2D eigenvalue weighted by Gasteiger charge is 2.25. The van der Waals surface area contributed by atoms with Crippen LogP contribution in [0.1, 0.15) is 17.7 Å². The van der Waals surface area contributed by atoms with Crippen molar-refractivity contribution >= 4 is 28.1 Å². The summed E-state index contributed by atoms with van der Waals surface area (Å²) in [6.45, 7) is 1.51. The molecule has 2 aromatic carbocycles. The second kappa shape index (κ2) is 7.89. The molecule has 160 valence electrons. The third kappa shape index (κ3) is 3.63. The van der Waals surface area contributed by atoms with Crippen LogP contribution in [0, 0.1) is 5.82 Å². The minimum Gasteiger partial charge on any atom is -0.493 e. The molecule has 3 aromatic rings. The zero-order valence-electron chi connectivity index (χ0n) is 17.1. The van der Waals surface area contributed by atoms with Gasteiger partial charge in [-0.15, -0.1) is 0 Å². The van der Waals surface area contributed by atoms with Crippen molar-refractivity contribution in [2.24, 2.45) is 0 Å². The van der Waals surface area contributed by atoms with E-state index in [9.17, 15) is 9.50 Å². The fourth-order valence-electron chi connectivity index (χ4n) is 4.24. The number of fused-ring (bicyclic) bond motifs is 2. The molecule has 0 saturated heterocycles. The number of aromatic nitrogens is 2. The number of hydrogen-bond donors (Lipinski definition) is 1. The van der Waals surface area contributed by atoms with Crippen LogP contribution in [0.3, 0.4) is 0 Å². The molecule has 0 unspecified atom stereocenters. The Hall–Kier alpha value is -3.06. The Bertz CT molecular complexity index is 1190. The number of halogens is 2. The van der Waals surface area contributed by atoms with Crippen LogP contribution >= 0.6 is 11.6 Å². The van der Waals surface area contributed by atoms with Crippen molar-refractivity contribution in [3.8, 4) is 11.9 Å². The molecule has 2 aliphatic heterocycles. The van der Waals surface area contributed by atoms with Crippen LogP contribution in [0.25, 0.3) is 10.8 Å². The lowest BCUT2D eigenvalue weighted by Gasteiger charge is -2.31. The lowest BCUT2D eigenvalue weighted by Crippen LogP contribution is -2.32. The van der Waals surface area contributed by atoms with Crippen molar-refractivity contribution in [1.29, 1.82) is 0 Å². The lowest BCUT2D eigenvalue weighted by molar-refractivity contribution is 0.199. The zero-order chi connectivity index (χ0) is 21.5. The van der Waals surface area contributed by atoms with Crippen LogP contribution in [0.2, 0.25) is 5.02 Å². The molecule has 1 N–H and O–H groups in total. The van der Waals surface area contributed by atoms with E-state index in [1.54, 1.807) is 6.07 Å². The molecule has 0 spiro atoms. The monoisotopic (exact) mass is 440 g/mol. The first-order chi connectivity index (χ1) is 15.0. The van der Waals surface area contributed by atoms with Gasteiger partial charge >= 0.3 is 6.01 Å². The molecule has 6 nitrogen and oxygen atoms in total. The molecule has 1 aromatic heterocycles. The fraction of sp³-hybridized carbons (Fsp3) is 0.304. The minimum absolute atomic E-state index is 0.0421. The Balaban J connectivity index is 1.43. The van der Waals surface area contributed by atoms with E-state index in [0.717, 1.165) is 23.1 Å². The van der Waals surface area contributed by atoms with Gasteiger partial charge in [-0.1, -0.05) is 35.9 Å². The van der Waals surface area contributed by atoms with Gasteiger partial charge in [0.15, 0.2) is 0 Å². The van der Waals surface area contributed by atoms with Crippen LogP contribution in [0.4, 0.5) is 10.1 Å². The topological polar surface area (TPSA) is 61.7 Å². The largest absolute Gasteiger partial charge is 0.493 e. The molecule has 8 heteroatoms. The Morgan fingerprint density at radius 2 is 2.13 bits per heavy atom. The third-order valence-corrected chi connectivity index (χ3v) is 6.38. The first-order valence-corrected chi connectivity index (χ1v) is 10.6. The van der Waals surface area contributed by atoms with Gasteiger partial charge in [-0.05, 0) is 36.6 Å². The number of benzene rings is 2. The van der Waals surface area contributed by atoms with E-state index < -0.39 is 5.82 Å². The summed E-state index contributed by atoms with van der Waals surface area (Å²) in [5.41, 5.74) is 2.27. The van der Waals surface area contributed by atoms with Gasteiger partial charge in [0.05, 0.1) is 23.3 Å². The maximum Gasteiger partial charge on any atom is 0.320 e. The van der Waals surface area contributed by atoms with Crippen LogP contribution < -0.4 is 9.64 Å². The average Bonchev–Trinajstić information content (AvgIpc) is 3.19. The van der Waals surface area contributed by atoms with E-state index in [2.05, 4.69) is 25.8 Å². The lowest BCUT2D eigenvalue weighted by atomic mass is 10.0. The predicted molar refractivity (Wildman–Crippen MR) is 118 cm³/mol. The zero-order valence-corrected chi connectivity index (χ0v) is 17.8. The van der Waals surface area contributed by atoms with E-state index in [4.69, 9.17) is 16.3 Å². The van der Waals surface area contributed by atoms with Crippen LogP contribution in [0.5, 0.6) is 11.9 Å². The van der Waals surface area contributed by atoms with Crippen molar-refractivity contribution in [3.05, 3.63) is 64.7 Å². The molecule has 0 bridgehead atoms. The number of aromatic hydroxyl groups is 1. The summed E-state index contributed by atoms with van der Waals surface area (Å²) in [5.74, 6) is -0.486. The number of likely N-dealkylation sites (N-methyl/N-ethyl adjacent to an activating group) is 1. The Kier molecular flexibility index (Phi) is 5.06. The van der Waals surface area contributed by atoms with Crippen LogP contribution in [-0.4, -0.2) is 46.2 Å². The van der Waals surface area contributed by atoms with E-state index in [-0.39, 0.29) is 23.0 Å². The van der Waals surface area contributed by atoms with Gasteiger partial charge in [0.1, 0.15) is 12.4 Å². The predicted octanol–water partition coefficient (Wildman–Crippen LogP) is 4.29. The minimum atomic E-state index is -0.443. The second-order valence-corrected chi connectivity index (χ2v) is 8.29. The second-order valence-electron chi connectivity index (χ2n) is 7.91. The molecule has 0 aliphatic carbocycles.